The van der Waals surface area contributed by atoms with E-state index in [9.17, 15) is 9.18 Å². The summed E-state index contributed by atoms with van der Waals surface area (Å²) in [5.74, 6) is 0.913. The molecule has 0 saturated heterocycles. The number of fused-ring (bicyclic) bond motifs is 1. The molecule has 2 N–H and O–H groups in total. The van der Waals surface area contributed by atoms with E-state index in [0.29, 0.717) is 50.2 Å². The lowest BCUT2D eigenvalue weighted by Crippen LogP contribution is -2.31. The van der Waals surface area contributed by atoms with E-state index >= 15 is 0 Å². The molecular weight excluding hydrogens is 585 g/mol. The highest BCUT2D eigenvalue weighted by molar-refractivity contribution is 7.98. The summed E-state index contributed by atoms with van der Waals surface area (Å²) in [6.45, 7) is 2.13. The predicted molar refractivity (Wildman–Crippen MR) is 168 cm³/mol. The van der Waals surface area contributed by atoms with Gasteiger partial charge in [0.15, 0.2) is 0 Å². The van der Waals surface area contributed by atoms with E-state index in [-0.39, 0.29) is 18.3 Å². The van der Waals surface area contributed by atoms with Gasteiger partial charge in [-0.1, -0.05) is 90.1 Å². The van der Waals surface area contributed by atoms with Crippen molar-refractivity contribution in [2.24, 2.45) is 0 Å². The number of rotatable bonds is 9. The molecule has 0 spiro atoms. The van der Waals surface area contributed by atoms with Crippen molar-refractivity contribution in [3.63, 3.8) is 0 Å². The van der Waals surface area contributed by atoms with Crippen molar-refractivity contribution in [2.45, 2.75) is 30.5 Å². The summed E-state index contributed by atoms with van der Waals surface area (Å²) < 4.78 is 22.1. The highest BCUT2D eigenvalue weighted by Gasteiger charge is 2.34. The number of hydrogen-bond donors (Lipinski definition) is 2. The fourth-order valence-corrected chi connectivity index (χ4v) is 5.83. The van der Waals surface area contributed by atoms with E-state index in [4.69, 9.17) is 21.4 Å². The summed E-state index contributed by atoms with van der Waals surface area (Å²) in [5.41, 5.74) is 4.01. The fraction of sp³-hybridized carbons (Fsp3) is 0.121. The van der Waals surface area contributed by atoms with Gasteiger partial charge < -0.3 is 15.4 Å². The summed E-state index contributed by atoms with van der Waals surface area (Å²) in [6, 6.07) is 30.4. The quantitative estimate of drug-likeness (QED) is 0.165. The van der Waals surface area contributed by atoms with E-state index in [1.807, 2.05) is 85.8 Å². The maximum Gasteiger partial charge on any atom is 0.255 e. The molecule has 4 aromatic carbocycles. The third-order valence-corrected chi connectivity index (χ3v) is 8.21. The van der Waals surface area contributed by atoms with Gasteiger partial charge in [0.1, 0.15) is 24.2 Å². The van der Waals surface area contributed by atoms with E-state index in [0.717, 1.165) is 11.1 Å². The second-order valence-electron chi connectivity index (χ2n) is 9.88. The van der Waals surface area contributed by atoms with Crippen molar-refractivity contribution in [1.29, 1.82) is 0 Å². The van der Waals surface area contributed by atoms with Crippen LogP contribution in [0.1, 0.15) is 29.7 Å². The average molecular weight is 612 g/mol. The lowest BCUT2D eigenvalue weighted by Gasteiger charge is -2.29. The number of ether oxygens (including phenoxy) is 1. The molecule has 7 nitrogen and oxygen atoms in total. The third-order valence-electron chi connectivity index (χ3n) is 6.95. The van der Waals surface area contributed by atoms with E-state index in [1.54, 1.807) is 22.9 Å². The first-order valence-corrected chi connectivity index (χ1v) is 15.0. The molecule has 0 fully saturated rings. The lowest BCUT2D eigenvalue weighted by atomic mass is 9.95. The normalized spacial score (nSPS) is 14.2. The molecule has 1 aromatic heterocycles. The second kappa shape index (κ2) is 12.7. The van der Waals surface area contributed by atoms with Crippen LogP contribution >= 0.6 is 23.4 Å². The molecule has 1 amide bonds. The highest BCUT2D eigenvalue weighted by Crippen LogP contribution is 2.38. The van der Waals surface area contributed by atoms with Crippen LogP contribution in [-0.2, 0) is 17.2 Å². The number of hydrogen-bond acceptors (Lipinski definition) is 6. The van der Waals surface area contributed by atoms with Crippen LogP contribution < -0.4 is 15.4 Å². The zero-order valence-electron chi connectivity index (χ0n) is 23.1. The molecule has 1 unspecified atom stereocenters. The molecule has 5 aromatic rings. The molecule has 2 heterocycles. The Bertz CT molecular complexity index is 1810. The summed E-state index contributed by atoms with van der Waals surface area (Å²) in [7, 11) is 0. The molecule has 0 saturated carbocycles. The van der Waals surface area contributed by atoms with Gasteiger partial charge in [-0.3, -0.25) is 4.79 Å². The van der Waals surface area contributed by atoms with Crippen molar-refractivity contribution in [2.75, 3.05) is 10.6 Å². The van der Waals surface area contributed by atoms with E-state index in [1.165, 1.54) is 17.8 Å². The van der Waals surface area contributed by atoms with Crippen molar-refractivity contribution in [3.8, 4) is 5.75 Å². The minimum atomic E-state index is -0.612. The number of allylic oxidation sites excluding steroid dienone is 1. The lowest BCUT2D eigenvalue weighted by molar-refractivity contribution is -0.113. The Labute approximate surface area is 257 Å². The fourth-order valence-electron chi connectivity index (χ4n) is 4.82. The number of aromatic nitrogens is 3. The molecule has 0 radical (unpaired) electrons. The molecule has 1 aliphatic rings. The molecular formula is C33H27ClFN5O2S. The standard InChI is InChI=1S/C33H27ClFN5O2S/c1-21-29(31(41)37-25-13-3-2-4-14-25)30(22-12-9-15-26(18-22)42-19-23-10-5-7-16-27(23)34)40-32(36-21)38-33(39-40)43-20-24-11-6-8-17-28(24)35/h2-18,30H,19-20H2,1H3,(H,37,41)(H,36,38,39). The van der Waals surface area contributed by atoms with Gasteiger partial charge in [0.25, 0.3) is 5.91 Å². The molecule has 10 heteroatoms. The van der Waals surface area contributed by atoms with Gasteiger partial charge in [-0.05, 0) is 54.4 Å². The molecule has 1 atom stereocenters. The Morgan fingerprint density at radius 3 is 2.53 bits per heavy atom. The van der Waals surface area contributed by atoms with Gasteiger partial charge in [0, 0.05) is 27.7 Å². The second-order valence-corrected chi connectivity index (χ2v) is 11.2. The molecule has 1 aliphatic heterocycles. The van der Waals surface area contributed by atoms with Crippen LogP contribution in [-0.4, -0.2) is 20.7 Å². The summed E-state index contributed by atoms with van der Waals surface area (Å²) >= 11 is 7.66. The monoisotopic (exact) mass is 611 g/mol. The first-order valence-electron chi connectivity index (χ1n) is 13.6. The van der Waals surface area contributed by atoms with E-state index < -0.39 is 6.04 Å². The number of anilines is 2. The van der Waals surface area contributed by atoms with Crippen LogP contribution in [0.4, 0.5) is 16.0 Å². The van der Waals surface area contributed by atoms with Crippen molar-refractivity contribution in [1.82, 2.24) is 14.8 Å². The Morgan fingerprint density at radius 1 is 1.00 bits per heavy atom. The SMILES string of the molecule is CC1=C(C(=O)Nc2ccccc2)C(c2cccc(OCc3ccccc3Cl)c2)n2nc(SCc3ccccc3F)nc2N1. The summed E-state index contributed by atoms with van der Waals surface area (Å²) in [4.78, 5) is 18.5. The number of para-hydroxylation sites is 1. The first kappa shape index (κ1) is 28.5. The number of nitrogens with zero attached hydrogens (tertiary/aromatic N) is 3. The Hall–Kier alpha value is -4.60. The minimum absolute atomic E-state index is 0.273. The van der Waals surface area contributed by atoms with Crippen LogP contribution in [0.25, 0.3) is 0 Å². The topological polar surface area (TPSA) is 81.1 Å². The van der Waals surface area contributed by atoms with Crippen LogP contribution in [0.3, 0.4) is 0 Å². The van der Waals surface area contributed by atoms with Crippen molar-refractivity contribution < 1.29 is 13.9 Å². The number of amides is 1. The summed E-state index contributed by atoms with van der Waals surface area (Å²) in [5, 5.41) is 12.1. The Balaban J connectivity index is 1.33. The molecule has 6 rings (SSSR count). The van der Waals surface area contributed by atoms with E-state index in [2.05, 4.69) is 15.6 Å². The predicted octanol–water partition coefficient (Wildman–Crippen LogP) is 7.87. The number of benzene rings is 4. The van der Waals surface area contributed by atoms with Gasteiger partial charge in [0.2, 0.25) is 11.1 Å². The zero-order chi connectivity index (χ0) is 29.8. The number of carbonyl (C=O) groups is 1. The van der Waals surface area contributed by atoms with Crippen LogP contribution in [0, 0.1) is 5.82 Å². The van der Waals surface area contributed by atoms with Gasteiger partial charge in [0.05, 0.1) is 5.57 Å². The highest BCUT2D eigenvalue weighted by atomic mass is 35.5. The van der Waals surface area contributed by atoms with Gasteiger partial charge in [-0.25, -0.2) is 9.07 Å². The maximum absolute atomic E-state index is 14.3. The smallest absolute Gasteiger partial charge is 0.255 e. The maximum atomic E-state index is 14.3. The number of nitrogens with one attached hydrogen (secondary N) is 2. The average Bonchev–Trinajstić information content (AvgIpc) is 3.42. The largest absolute Gasteiger partial charge is 0.489 e. The first-order chi connectivity index (χ1) is 21.0. The van der Waals surface area contributed by atoms with Gasteiger partial charge >= 0.3 is 0 Å². The summed E-state index contributed by atoms with van der Waals surface area (Å²) in [6.07, 6.45) is 0. The molecule has 0 bridgehead atoms. The van der Waals surface area contributed by atoms with Gasteiger partial charge in [-0.15, -0.1) is 5.10 Å². The van der Waals surface area contributed by atoms with Crippen molar-refractivity contribution in [3.05, 3.63) is 142 Å². The van der Waals surface area contributed by atoms with Crippen LogP contribution in [0.5, 0.6) is 5.75 Å². The third kappa shape index (κ3) is 6.43. The number of carbonyl (C=O) groups excluding carboxylic acids is 1. The molecule has 216 valence electrons. The number of halogens is 2. The Morgan fingerprint density at radius 2 is 1.74 bits per heavy atom. The Kier molecular flexibility index (Phi) is 8.44. The van der Waals surface area contributed by atoms with Crippen molar-refractivity contribution >= 4 is 40.9 Å². The van der Waals surface area contributed by atoms with Crippen LogP contribution in [0.2, 0.25) is 5.02 Å². The van der Waals surface area contributed by atoms with Gasteiger partial charge in [-0.2, -0.15) is 4.98 Å². The zero-order valence-corrected chi connectivity index (χ0v) is 24.7. The minimum Gasteiger partial charge on any atom is -0.489 e. The molecule has 0 aliphatic carbocycles. The van der Waals surface area contributed by atoms with Crippen LogP contribution in [0.15, 0.2) is 120 Å². The molecule has 43 heavy (non-hydrogen) atoms. The number of thioether (sulfide) groups is 1.